The number of benzene rings is 2. The van der Waals surface area contributed by atoms with Crippen LogP contribution >= 0.6 is 0 Å². The SMILES string of the molecule is Cc1cccc(C)c1NC(=O)Cc1c(C)n(C)c2ccccc12. The van der Waals surface area contributed by atoms with Crippen LogP contribution in [-0.4, -0.2) is 10.5 Å². The van der Waals surface area contributed by atoms with E-state index in [0.717, 1.165) is 33.5 Å². The molecule has 0 aliphatic heterocycles. The smallest absolute Gasteiger partial charge is 0.228 e. The molecule has 118 valence electrons. The molecular weight excluding hydrogens is 284 g/mol. The zero-order valence-electron chi connectivity index (χ0n) is 14.1. The lowest BCUT2D eigenvalue weighted by molar-refractivity contribution is -0.115. The van der Waals surface area contributed by atoms with E-state index in [2.05, 4.69) is 28.9 Å². The van der Waals surface area contributed by atoms with Crippen molar-refractivity contribution >= 4 is 22.5 Å². The maximum Gasteiger partial charge on any atom is 0.228 e. The van der Waals surface area contributed by atoms with Gasteiger partial charge in [-0.25, -0.2) is 0 Å². The van der Waals surface area contributed by atoms with Gasteiger partial charge in [0, 0.05) is 29.3 Å². The molecule has 3 nitrogen and oxygen atoms in total. The van der Waals surface area contributed by atoms with Crippen LogP contribution in [0.15, 0.2) is 42.5 Å². The van der Waals surface area contributed by atoms with E-state index in [9.17, 15) is 4.79 Å². The number of carbonyl (C=O) groups excluding carboxylic acids is 1. The van der Waals surface area contributed by atoms with Crippen LogP contribution in [-0.2, 0) is 18.3 Å². The Hall–Kier alpha value is -2.55. The summed E-state index contributed by atoms with van der Waals surface area (Å²) in [6.07, 6.45) is 0.390. The number of amides is 1. The lowest BCUT2D eigenvalue weighted by atomic mass is 10.1. The minimum absolute atomic E-state index is 0.0295. The number of para-hydroxylation sites is 2. The number of carbonyl (C=O) groups is 1. The quantitative estimate of drug-likeness (QED) is 0.769. The zero-order chi connectivity index (χ0) is 16.6. The zero-order valence-corrected chi connectivity index (χ0v) is 14.1. The lowest BCUT2D eigenvalue weighted by Crippen LogP contribution is -2.16. The fraction of sp³-hybridized carbons (Fsp3) is 0.250. The van der Waals surface area contributed by atoms with Crippen molar-refractivity contribution in [2.24, 2.45) is 7.05 Å². The summed E-state index contributed by atoms with van der Waals surface area (Å²) in [6, 6.07) is 14.3. The standard InChI is InChI=1S/C20H22N2O/c1-13-8-7-9-14(2)20(13)21-19(23)12-17-15(3)22(4)18-11-6-5-10-16(17)18/h5-11H,12H2,1-4H3,(H,21,23). The largest absolute Gasteiger partial charge is 0.348 e. The van der Waals surface area contributed by atoms with Crippen molar-refractivity contribution in [2.45, 2.75) is 27.2 Å². The van der Waals surface area contributed by atoms with Crippen LogP contribution in [0.5, 0.6) is 0 Å². The maximum atomic E-state index is 12.6. The summed E-state index contributed by atoms with van der Waals surface area (Å²) >= 11 is 0. The first-order valence-electron chi connectivity index (χ1n) is 7.88. The molecule has 0 unspecified atom stereocenters. The third kappa shape index (κ3) is 2.74. The van der Waals surface area contributed by atoms with Crippen LogP contribution in [0, 0.1) is 20.8 Å². The van der Waals surface area contributed by atoms with Gasteiger partial charge in [-0.05, 0) is 43.5 Å². The summed E-state index contributed by atoms with van der Waals surface area (Å²) in [7, 11) is 2.05. The van der Waals surface area contributed by atoms with E-state index in [1.807, 2.05) is 51.2 Å². The van der Waals surface area contributed by atoms with E-state index in [0.29, 0.717) is 6.42 Å². The Morgan fingerprint density at radius 2 is 1.65 bits per heavy atom. The first-order chi connectivity index (χ1) is 11.0. The highest BCUT2D eigenvalue weighted by Gasteiger charge is 2.15. The molecule has 0 saturated carbocycles. The molecule has 1 amide bonds. The van der Waals surface area contributed by atoms with E-state index in [1.165, 1.54) is 5.52 Å². The molecule has 2 aromatic carbocycles. The van der Waals surface area contributed by atoms with Gasteiger partial charge in [-0.1, -0.05) is 36.4 Å². The molecule has 0 fully saturated rings. The predicted octanol–water partition coefficient (Wildman–Crippen LogP) is 4.28. The van der Waals surface area contributed by atoms with Crippen molar-refractivity contribution in [1.82, 2.24) is 4.57 Å². The number of aryl methyl sites for hydroxylation is 3. The Labute approximate surface area is 136 Å². The molecule has 0 aliphatic carbocycles. The molecule has 3 heteroatoms. The van der Waals surface area contributed by atoms with Crippen LogP contribution in [0.4, 0.5) is 5.69 Å². The highest BCUT2D eigenvalue weighted by atomic mass is 16.1. The van der Waals surface area contributed by atoms with Crippen LogP contribution < -0.4 is 5.32 Å². The molecule has 0 aliphatic rings. The second-order valence-corrected chi connectivity index (χ2v) is 6.13. The average molecular weight is 306 g/mol. The van der Waals surface area contributed by atoms with Gasteiger partial charge in [0.15, 0.2) is 0 Å². The molecule has 3 aromatic rings. The van der Waals surface area contributed by atoms with Crippen molar-refractivity contribution in [3.8, 4) is 0 Å². The summed E-state index contributed by atoms with van der Waals surface area (Å²) in [6.45, 7) is 6.11. The molecular formula is C20H22N2O. The van der Waals surface area contributed by atoms with Crippen LogP contribution in [0.25, 0.3) is 10.9 Å². The Morgan fingerprint density at radius 1 is 1.00 bits per heavy atom. The monoisotopic (exact) mass is 306 g/mol. The van der Waals surface area contributed by atoms with E-state index in [4.69, 9.17) is 0 Å². The van der Waals surface area contributed by atoms with Crippen molar-refractivity contribution in [3.05, 3.63) is 64.8 Å². The predicted molar refractivity (Wildman–Crippen MR) is 95.9 cm³/mol. The van der Waals surface area contributed by atoms with E-state index >= 15 is 0 Å². The molecule has 23 heavy (non-hydrogen) atoms. The normalized spacial score (nSPS) is 11.0. The van der Waals surface area contributed by atoms with Crippen molar-refractivity contribution in [3.63, 3.8) is 0 Å². The third-order valence-electron chi connectivity index (χ3n) is 4.61. The fourth-order valence-electron chi connectivity index (χ4n) is 3.18. The molecule has 0 spiro atoms. The topological polar surface area (TPSA) is 34.0 Å². The maximum absolute atomic E-state index is 12.6. The number of hydrogen-bond acceptors (Lipinski definition) is 1. The van der Waals surface area contributed by atoms with Crippen LogP contribution in [0.2, 0.25) is 0 Å². The molecule has 0 radical (unpaired) electrons. The molecule has 1 N–H and O–H groups in total. The number of nitrogens with one attached hydrogen (secondary N) is 1. The summed E-state index contributed by atoms with van der Waals surface area (Å²) < 4.78 is 2.15. The molecule has 0 saturated heterocycles. The van der Waals surface area contributed by atoms with Gasteiger partial charge in [-0.15, -0.1) is 0 Å². The van der Waals surface area contributed by atoms with Gasteiger partial charge in [0.2, 0.25) is 5.91 Å². The van der Waals surface area contributed by atoms with Crippen LogP contribution in [0.1, 0.15) is 22.4 Å². The highest BCUT2D eigenvalue weighted by Crippen LogP contribution is 2.26. The Kier molecular flexibility index (Phi) is 3.95. The highest BCUT2D eigenvalue weighted by molar-refractivity contribution is 5.97. The van der Waals surface area contributed by atoms with Gasteiger partial charge >= 0.3 is 0 Å². The molecule has 0 atom stereocenters. The first-order valence-corrected chi connectivity index (χ1v) is 7.88. The number of aromatic nitrogens is 1. The number of hydrogen-bond donors (Lipinski definition) is 1. The van der Waals surface area contributed by atoms with Crippen LogP contribution in [0.3, 0.4) is 0 Å². The number of nitrogens with zero attached hydrogens (tertiary/aromatic N) is 1. The molecule has 3 rings (SSSR count). The Bertz CT molecular complexity index is 870. The van der Waals surface area contributed by atoms with Gasteiger partial charge in [-0.3, -0.25) is 4.79 Å². The second kappa shape index (κ2) is 5.92. The van der Waals surface area contributed by atoms with Gasteiger partial charge in [0.25, 0.3) is 0 Å². The van der Waals surface area contributed by atoms with Gasteiger partial charge < -0.3 is 9.88 Å². The summed E-state index contributed by atoms with van der Waals surface area (Å²) in [4.78, 5) is 12.6. The van der Waals surface area contributed by atoms with Gasteiger partial charge in [0.05, 0.1) is 6.42 Å². The molecule has 0 bridgehead atoms. The van der Waals surface area contributed by atoms with E-state index in [-0.39, 0.29) is 5.91 Å². The second-order valence-electron chi connectivity index (χ2n) is 6.13. The Morgan fingerprint density at radius 3 is 2.35 bits per heavy atom. The van der Waals surface area contributed by atoms with Crippen molar-refractivity contribution in [2.75, 3.05) is 5.32 Å². The Balaban J connectivity index is 1.91. The number of rotatable bonds is 3. The number of anilines is 1. The summed E-state index contributed by atoms with van der Waals surface area (Å²) in [5.74, 6) is 0.0295. The summed E-state index contributed by atoms with van der Waals surface area (Å²) in [5, 5.41) is 4.24. The van der Waals surface area contributed by atoms with E-state index < -0.39 is 0 Å². The summed E-state index contributed by atoms with van der Waals surface area (Å²) in [5.41, 5.74) is 6.52. The van der Waals surface area contributed by atoms with Crippen molar-refractivity contribution < 1.29 is 4.79 Å². The van der Waals surface area contributed by atoms with Gasteiger partial charge in [0.1, 0.15) is 0 Å². The minimum Gasteiger partial charge on any atom is -0.348 e. The van der Waals surface area contributed by atoms with E-state index in [1.54, 1.807) is 0 Å². The molecule has 1 aromatic heterocycles. The number of fused-ring (bicyclic) bond motifs is 1. The van der Waals surface area contributed by atoms with Gasteiger partial charge in [-0.2, -0.15) is 0 Å². The third-order valence-corrected chi connectivity index (χ3v) is 4.61. The lowest BCUT2D eigenvalue weighted by Gasteiger charge is -2.11. The minimum atomic E-state index is 0.0295. The van der Waals surface area contributed by atoms with Crippen molar-refractivity contribution in [1.29, 1.82) is 0 Å². The fourth-order valence-corrected chi connectivity index (χ4v) is 3.18. The average Bonchev–Trinajstić information content (AvgIpc) is 2.77. The molecule has 1 heterocycles. The first kappa shape index (κ1) is 15.3.